The molecule has 0 aliphatic carbocycles. The maximum Gasteiger partial charge on any atom is 0.247 e. The molecule has 0 spiro atoms. The van der Waals surface area contributed by atoms with Crippen molar-refractivity contribution in [3.8, 4) is 68.0 Å². The van der Waals surface area contributed by atoms with Gasteiger partial charge in [0.05, 0.1) is 154 Å². The van der Waals surface area contributed by atoms with Crippen molar-refractivity contribution in [3.05, 3.63) is 216 Å². The summed E-state index contributed by atoms with van der Waals surface area (Å²) in [5, 5.41) is 25.9. The Morgan fingerprint density at radius 1 is 0.414 bits per heavy atom. The number of amides is 4. The number of rotatable bonds is 36. The minimum Gasteiger partial charge on any atom is -0.494 e. The number of nitrogens with one attached hydrogen (secondary N) is 8. The summed E-state index contributed by atoms with van der Waals surface area (Å²) in [7, 11) is 34.6. The molecule has 4 amide bonds. The first-order valence-corrected chi connectivity index (χ1v) is 48.1. The molecule has 36 nitrogen and oxygen atoms in total. The van der Waals surface area contributed by atoms with Gasteiger partial charge >= 0.3 is 0 Å². The monoisotopic (exact) mass is 2040 g/mol. The molecule has 8 aromatic heterocycles. The van der Waals surface area contributed by atoms with Crippen LogP contribution in [0.3, 0.4) is 0 Å². The van der Waals surface area contributed by atoms with Crippen molar-refractivity contribution in [1.82, 2.24) is 77.7 Å². The molecule has 0 unspecified atom stereocenters. The minimum absolute atomic E-state index is 0.188. The Morgan fingerprint density at radius 2 is 0.745 bits per heavy atom. The van der Waals surface area contributed by atoms with Crippen LogP contribution in [0.2, 0.25) is 15.1 Å². The molecule has 2 fully saturated rings. The number of aromatic nitrogens is 12. The molecule has 2 aliphatic heterocycles. The number of aryl methyl sites for hydroxylation is 6. The maximum absolute atomic E-state index is 14.5. The van der Waals surface area contributed by atoms with Gasteiger partial charge in [0.25, 0.3) is 0 Å². The topological polar surface area (TPSA) is 350 Å². The Bertz CT molecular complexity index is 6650. The first-order chi connectivity index (χ1) is 69.1. The Hall–Kier alpha value is -14.6. The molecule has 0 atom stereocenters. The third kappa shape index (κ3) is 28.1. The van der Waals surface area contributed by atoms with Crippen molar-refractivity contribution in [2.75, 3.05) is 213 Å². The van der Waals surface area contributed by atoms with Crippen LogP contribution in [0.5, 0.6) is 23.0 Å². The van der Waals surface area contributed by atoms with Gasteiger partial charge in [0, 0.05) is 201 Å². The summed E-state index contributed by atoms with van der Waals surface area (Å²) < 4.78 is 45.2. The SMILES string of the molecule is C=CC(=O)Nc1cc(Nc2ncc(Cl)c(-c3c(C)cn(C)c3C)n2)c(OC)cc1N(C)CCN(C)C.C=CC(=O)Nc1cc(Nc2ncc(Cl)c(-c3c(C)cn(C)c3C)n2)c(OC)cc1N1CCC(N(C)C)CC1.C=CC(=O)Nc1cc(Nc2ncc(Cl)c(-c3ccn(C)c3C)n2)c(OC)cc1N(C)CCN(C)C.C=CC(=O)Nc1cc(Nc2ncc(F)c(-c3ccn(C)c3)n2)c(OC)cc1N1CCC(N(C)C)CC1. The fourth-order valence-electron chi connectivity index (χ4n) is 16.8. The van der Waals surface area contributed by atoms with E-state index >= 15 is 0 Å². The zero-order valence-corrected chi connectivity index (χ0v) is 89.2. The molecule has 2 saturated heterocycles. The Kier molecular flexibility index (Phi) is 38.6. The molecule has 4 aromatic carbocycles. The van der Waals surface area contributed by atoms with Gasteiger partial charge in [-0.15, -0.1) is 0 Å². The Balaban J connectivity index is 0.000000184. The van der Waals surface area contributed by atoms with Crippen molar-refractivity contribution < 1.29 is 42.5 Å². The number of nitrogens with zero attached hydrogens (tertiary/aromatic N) is 20. The second-order valence-corrected chi connectivity index (χ2v) is 37.4. The molecular formula is C105H134Cl3FN28O8. The number of hydrogen-bond donors (Lipinski definition) is 8. The molecule has 8 N–H and O–H groups in total. The van der Waals surface area contributed by atoms with Crippen molar-refractivity contribution >= 4 is 150 Å². The molecule has 12 aromatic rings. The summed E-state index contributed by atoms with van der Waals surface area (Å²) in [5.41, 5.74) is 19.1. The highest BCUT2D eigenvalue weighted by Crippen LogP contribution is 2.46. The molecule has 40 heteroatoms. The van der Waals surface area contributed by atoms with Crippen molar-refractivity contribution in [2.24, 2.45) is 28.2 Å². The van der Waals surface area contributed by atoms with Crippen LogP contribution in [0, 0.1) is 40.4 Å². The second-order valence-electron chi connectivity index (χ2n) is 36.2. The smallest absolute Gasteiger partial charge is 0.247 e. The average molecular weight is 2040 g/mol. The number of carbonyl (C=O) groups is 4. The van der Waals surface area contributed by atoms with E-state index in [4.69, 9.17) is 63.7 Å². The standard InChI is InChI=1S/C28H36ClN7O2.C26H34ClN7O2.C26H32FN7O2.C25H32ClN7O2/c1-8-25(37)31-21-13-22(24(38-7)14-23(21)36-11-9-19(10-12-36)34(4)5)32-28-30-15-20(29)27(33-28)26-17(2)16-35(6)18(26)3;1-9-23(35)29-19-12-20(22(36-8)13-21(19)33(6)11-10-32(4)5)30-26-28-14-18(27)25(31-26)24-16(2)15-34(7)17(24)3;1-6-24(35)29-20-13-21(23(36-5)14-22(20)34-11-8-18(9-12-34)32(2)3)30-26-28-15-19(27)25(31-26)17-7-10-33(4)16-17;1-8-23(34)28-19-13-20(22(35-7)14-21(19)33(6)12-11-31(3)4)29-25-27-15-18(26)24(30-25)17-9-10-32(5)16(17)2/h8,13-16,19H,1,9-12H2,2-7H3,(H,31,37)(H,30,32,33);9,12-15H,1,10-11H2,2-8H3,(H,29,35)(H,28,30,31);6-7,10,13-16,18H,1,8-9,11-12H2,2-5H3,(H,29,35)(H,28,30,31);8-10,13-15H,1,11-12H2,2-7H3,(H,28,34)(H,27,29,30). The lowest BCUT2D eigenvalue weighted by Crippen LogP contribution is -2.42. The second kappa shape index (κ2) is 50.6. The fourth-order valence-corrected chi connectivity index (χ4v) is 17.4. The van der Waals surface area contributed by atoms with Gasteiger partial charge in [0.2, 0.25) is 47.4 Å². The van der Waals surface area contributed by atoms with Crippen LogP contribution in [0.1, 0.15) is 53.9 Å². The van der Waals surface area contributed by atoms with Crippen LogP contribution in [0.25, 0.3) is 45.0 Å². The van der Waals surface area contributed by atoms with Crippen LogP contribution in [-0.4, -0.2) is 265 Å². The molecule has 0 radical (unpaired) electrons. The summed E-state index contributed by atoms with van der Waals surface area (Å²) in [5.74, 6) is 1.82. The van der Waals surface area contributed by atoms with Gasteiger partial charge in [0.1, 0.15) is 28.7 Å². The van der Waals surface area contributed by atoms with E-state index in [9.17, 15) is 23.6 Å². The number of halogens is 4. The summed E-state index contributed by atoms with van der Waals surface area (Å²) in [6.07, 6.45) is 24.6. The third-order valence-electron chi connectivity index (χ3n) is 25.2. The molecule has 770 valence electrons. The quantitative estimate of drug-likeness (QED) is 0.0169. The van der Waals surface area contributed by atoms with E-state index in [2.05, 4.69) is 166 Å². The molecular weight excluding hydrogens is 1910 g/mol. The minimum atomic E-state index is -0.519. The summed E-state index contributed by atoms with van der Waals surface area (Å²) in [4.78, 5) is 102. The Morgan fingerprint density at radius 3 is 1.06 bits per heavy atom. The highest BCUT2D eigenvalue weighted by atomic mass is 35.5. The predicted molar refractivity (Wildman–Crippen MR) is 586 cm³/mol. The average Bonchev–Trinajstić information content (AvgIpc) is 1.76. The third-order valence-corrected chi connectivity index (χ3v) is 26.1. The lowest BCUT2D eigenvalue weighted by Gasteiger charge is -2.37. The van der Waals surface area contributed by atoms with Crippen LogP contribution in [0.15, 0.2) is 167 Å². The predicted octanol–water partition coefficient (Wildman–Crippen LogP) is 18.1. The van der Waals surface area contributed by atoms with E-state index in [1.54, 1.807) is 77.5 Å². The highest BCUT2D eigenvalue weighted by Gasteiger charge is 2.30. The van der Waals surface area contributed by atoms with Crippen molar-refractivity contribution in [3.63, 3.8) is 0 Å². The van der Waals surface area contributed by atoms with E-state index in [1.807, 2.05) is 185 Å². The van der Waals surface area contributed by atoms with Gasteiger partial charge in [-0.3, -0.25) is 19.2 Å². The van der Waals surface area contributed by atoms with E-state index in [-0.39, 0.29) is 35.3 Å². The van der Waals surface area contributed by atoms with Gasteiger partial charge in [-0.25, -0.2) is 44.3 Å². The Labute approximate surface area is 863 Å². The summed E-state index contributed by atoms with van der Waals surface area (Å²) in [6, 6.07) is 19.6. The number of hydrogen-bond acceptors (Lipinski definition) is 28. The zero-order valence-electron chi connectivity index (χ0n) is 87.0. The van der Waals surface area contributed by atoms with Gasteiger partial charge in [-0.1, -0.05) is 61.1 Å². The van der Waals surface area contributed by atoms with Crippen LogP contribution in [0.4, 0.5) is 96.4 Å². The number of likely N-dealkylation sites (N-methyl/N-ethyl adjacent to an activating group) is 4. The molecule has 145 heavy (non-hydrogen) atoms. The largest absolute Gasteiger partial charge is 0.494 e. The molecule has 10 heterocycles. The number of benzene rings is 4. The molecule has 0 bridgehead atoms. The number of methoxy groups -OCH3 is 4. The van der Waals surface area contributed by atoms with Gasteiger partial charge < -0.3 is 119 Å². The lowest BCUT2D eigenvalue weighted by molar-refractivity contribution is -0.112. The van der Waals surface area contributed by atoms with Crippen LogP contribution in [-0.2, 0) is 47.4 Å². The maximum atomic E-state index is 14.5. The van der Waals surface area contributed by atoms with E-state index in [1.165, 1.54) is 24.3 Å². The summed E-state index contributed by atoms with van der Waals surface area (Å²) in [6.45, 7) is 31.0. The molecule has 0 saturated carbocycles. The highest BCUT2D eigenvalue weighted by molar-refractivity contribution is 6.34. The summed E-state index contributed by atoms with van der Waals surface area (Å²) >= 11 is 19.5. The molecule has 2 aliphatic rings. The number of ether oxygens (including phenoxy) is 4. The van der Waals surface area contributed by atoms with E-state index in [0.29, 0.717) is 136 Å². The van der Waals surface area contributed by atoms with Gasteiger partial charge in [-0.2, -0.15) is 0 Å². The van der Waals surface area contributed by atoms with Gasteiger partial charge in [-0.05, 0) is 189 Å². The lowest BCUT2D eigenvalue weighted by atomic mass is 10.0. The van der Waals surface area contributed by atoms with Crippen molar-refractivity contribution in [1.29, 1.82) is 0 Å². The first-order valence-electron chi connectivity index (χ1n) is 47.0. The number of anilines is 16. The normalized spacial score (nSPS) is 12.5. The van der Waals surface area contributed by atoms with E-state index in [0.717, 1.165) is 152 Å². The zero-order chi connectivity index (χ0) is 106. The molecule has 14 rings (SSSR count). The van der Waals surface area contributed by atoms with Crippen molar-refractivity contribution in [2.45, 2.75) is 72.4 Å². The number of piperidine rings is 2. The first kappa shape index (κ1) is 111. The van der Waals surface area contributed by atoms with Crippen LogP contribution < -0.4 is 81.1 Å². The number of carbonyl (C=O) groups excluding carboxylic acids is 4. The van der Waals surface area contributed by atoms with Crippen LogP contribution >= 0.6 is 34.8 Å². The van der Waals surface area contributed by atoms with Gasteiger partial charge in [0.15, 0.2) is 5.82 Å². The fraction of sp³-hybridized carbons (Fsp3) is 0.352. The van der Waals surface area contributed by atoms with E-state index < -0.39 is 5.82 Å².